The summed E-state index contributed by atoms with van der Waals surface area (Å²) in [5, 5.41) is 4.71. The number of fused-ring (bicyclic) bond motifs is 3. The summed E-state index contributed by atoms with van der Waals surface area (Å²) < 4.78 is 5.88. The topological polar surface area (TPSA) is 68.0 Å². The van der Waals surface area contributed by atoms with E-state index < -0.39 is 0 Å². The summed E-state index contributed by atoms with van der Waals surface area (Å²) in [5.41, 5.74) is 2.22. The van der Waals surface area contributed by atoms with Crippen LogP contribution in [0.25, 0.3) is 22.1 Å². The van der Waals surface area contributed by atoms with Crippen LogP contribution in [0.2, 0.25) is 0 Å². The van der Waals surface area contributed by atoms with Gasteiger partial charge in [-0.25, -0.2) is 9.97 Å². The average molecular weight is 357 g/mol. The fourth-order valence-corrected chi connectivity index (χ4v) is 3.45. The van der Waals surface area contributed by atoms with Gasteiger partial charge in [0.15, 0.2) is 5.58 Å². The fourth-order valence-electron chi connectivity index (χ4n) is 2.71. The predicted octanol–water partition coefficient (Wildman–Crippen LogP) is 4.41. The second-order valence-corrected chi connectivity index (χ2v) is 7.65. The molecular weight excluding hydrogens is 334 g/mol. The van der Waals surface area contributed by atoms with Gasteiger partial charge >= 0.3 is 0 Å². The monoisotopic (exact) mass is 357 g/mol. The lowest BCUT2D eigenvalue weighted by Crippen LogP contribution is -2.34. The minimum Gasteiger partial charge on any atom is -0.451 e. The van der Waals surface area contributed by atoms with E-state index in [1.54, 1.807) is 0 Å². The van der Waals surface area contributed by atoms with Crippen LogP contribution < -0.4 is 5.32 Å². The molecule has 2 aromatic heterocycles. The normalized spacial score (nSPS) is 12.8. The van der Waals surface area contributed by atoms with Crippen LogP contribution in [0.1, 0.15) is 33.6 Å². The Morgan fingerprint density at radius 3 is 2.80 bits per heavy atom. The summed E-state index contributed by atoms with van der Waals surface area (Å²) in [5.74, 6) is 0.982. The van der Waals surface area contributed by atoms with Gasteiger partial charge < -0.3 is 9.73 Å². The summed E-state index contributed by atoms with van der Waals surface area (Å²) in [6, 6.07) is 7.96. The number of aromatic nitrogens is 2. The number of rotatable bonds is 7. The highest BCUT2D eigenvalue weighted by Crippen LogP contribution is 2.32. The third kappa shape index (κ3) is 4.31. The maximum Gasteiger partial charge on any atom is 0.230 e. The van der Waals surface area contributed by atoms with Crippen molar-refractivity contribution >= 4 is 39.7 Å². The number of thioether (sulfide) groups is 1. The van der Waals surface area contributed by atoms with Gasteiger partial charge in [0.25, 0.3) is 0 Å². The van der Waals surface area contributed by atoms with Crippen molar-refractivity contribution in [2.75, 3.05) is 5.75 Å². The SMILES string of the molecule is CC(C)CC[C@@H](C)NC(=O)CSc1ncnc2c1oc1ccccc12. The summed E-state index contributed by atoms with van der Waals surface area (Å²) in [6.07, 6.45) is 3.63. The molecule has 1 aromatic carbocycles. The molecule has 0 bridgehead atoms. The highest BCUT2D eigenvalue weighted by Gasteiger charge is 2.15. The molecule has 1 atom stereocenters. The van der Waals surface area contributed by atoms with E-state index in [-0.39, 0.29) is 11.9 Å². The highest BCUT2D eigenvalue weighted by atomic mass is 32.2. The molecule has 0 aliphatic carbocycles. The van der Waals surface area contributed by atoms with Crippen molar-refractivity contribution in [2.24, 2.45) is 5.92 Å². The first-order valence-electron chi connectivity index (χ1n) is 8.59. The standard InChI is InChI=1S/C19H23N3O2S/c1-12(2)8-9-13(3)22-16(23)10-25-19-18-17(20-11-21-19)14-6-4-5-7-15(14)24-18/h4-7,11-13H,8-10H2,1-3H3,(H,22,23)/t13-/m1/s1. The van der Waals surface area contributed by atoms with Crippen LogP contribution in [0, 0.1) is 5.92 Å². The van der Waals surface area contributed by atoms with Gasteiger partial charge in [-0.15, -0.1) is 0 Å². The Hall–Kier alpha value is -2.08. The molecule has 0 unspecified atom stereocenters. The van der Waals surface area contributed by atoms with E-state index in [4.69, 9.17) is 4.42 Å². The molecule has 3 rings (SSSR count). The first-order valence-corrected chi connectivity index (χ1v) is 9.57. The minimum absolute atomic E-state index is 0.0177. The molecule has 3 aromatic rings. The van der Waals surface area contributed by atoms with Gasteiger partial charge in [-0.1, -0.05) is 37.7 Å². The van der Waals surface area contributed by atoms with Gasteiger partial charge in [-0.2, -0.15) is 0 Å². The lowest BCUT2D eigenvalue weighted by molar-refractivity contribution is -0.119. The lowest BCUT2D eigenvalue weighted by Gasteiger charge is -2.14. The number of carbonyl (C=O) groups excluding carboxylic acids is 1. The van der Waals surface area contributed by atoms with Crippen molar-refractivity contribution in [1.29, 1.82) is 0 Å². The number of benzene rings is 1. The molecule has 1 N–H and O–H groups in total. The molecule has 25 heavy (non-hydrogen) atoms. The van der Waals surface area contributed by atoms with Gasteiger partial charge in [0.05, 0.1) is 5.75 Å². The second kappa shape index (κ2) is 7.87. The number of carbonyl (C=O) groups is 1. The number of nitrogens with zero attached hydrogens (tertiary/aromatic N) is 2. The fraction of sp³-hybridized carbons (Fsp3) is 0.421. The van der Waals surface area contributed by atoms with Crippen molar-refractivity contribution in [3.8, 4) is 0 Å². The molecule has 6 heteroatoms. The Morgan fingerprint density at radius 2 is 2.00 bits per heavy atom. The van der Waals surface area contributed by atoms with Crippen molar-refractivity contribution < 1.29 is 9.21 Å². The molecule has 0 spiro atoms. The molecule has 0 aliphatic rings. The highest BCUT2D eigenvalue weighted by molar-refractivity contribution is 8.00. The van der Waals surface area contributed by atoms with Crippen LogP contribution in [0.5, 0.6) is 0 Å². The third-order valence-corrected chi connectivity index (χ3v) is 5.02. The Labute approximate surface area is 151 Å². The zero-order valence-corrected chi connectivity index (χ0v) is 15.6. The van der Waals surface area contributed by atoms with Crippen LogP contribution in [0.3, 0.4) is 0 Å². The molecule has 5 nitrogen and oxygen atoms in total. The van der Waals surface area contributed by atoms with Gasteiger partial charge in [0.2, 0.25) is 5.91 Å². The van der Waals surface area contributed by atoms with E-state index in [9.17, 15) is 4.79 Å². The summed E-state index contributed by atoms with van der Waals surface area (Å²) in [6.45, 7) is 6.43. The Balaban J connectivity index is 1.66. The summed E-state index contributed by atoms with van der Waals surface area (Å²) in [4.78, 5) is 20.8. The van der Waals surface area contributed by atoms with Gasteiger partial charge in [-0.3, -0.25) is 4.79 Å². The molecule has 1 amide bonds. The second-order valence-electron chi connectivity index (χ2n) is 6.68. The lowest BCUT2D eigenvalue weighted by atomic mass is 10.0. The quantitative estimate of drug-likeness (QED) is 0.501. The zero-order chi connectivity index (χ0) is 17.8. The van der Waals surface area contributed by atoms with Crippen LogP contribution in [-0.4, -0.2) is 27.7 Å². The van der Waals surface area contributed by atoms with Crippen LogP contribution in [0.4, 0.5) is 0 Å². The first-order chi connectivity index (χ1) is 12.0. The molecule has 0 aliphatic heterocycles. The molecular formula is C19H23N3O2S. The van der Waals surface area contributed by atoms with Crippen molar-refractivity contribution in [2.45, 2.75) is 44.7 Å². The van der Waals surface area contributed by atoms with Gasteiger partial charge in [0.1, 0.15) is 22.5 Å². The Kier molecular flexibility index (Phi) is 5.58. The van der Waals surface area contributed by atoms with Crippen LogP contribution in [0.15, 0.2) is 40.0 Å². The third-order valence-electron chi connectivity index (χ3n) is 4.05. The number of hydrogen-bond donors (Lipinski definition) is 1. The number of para-hydroxylation sites is 1. The number of amides is 1. The largest absolute Gasteiger partial charge is 0.451 e. The van der Waals surface area contributed by atoms with E-state index in [2.05, 4.69) is 29.1 Å². The number of furan rings is 1. The van der Waals surface area contributed by atoms with E-state index in [1.165, 1.54) is 18.1 Å². The summed E-state index contributed by atoms with van der Waals surface area (Å²) >= 11 is 1.38. The van der Waals surface area contributed by atoms with Gasteiger partial charge in [-0.05, 0) is 37.8 Å². The molecule has 0 fully saturated rings. The van der Waals surface area contributed by atoms with Crippen LogP contribution in [-0.2, 0) is 4.79 Å². The maximum absolute atomic E-state index is 12.2. The number of hydrogen-bond acceptors (Lipinski definition) is 5. The average Bonchev–Trinajstić information content (AvgIpc) is 2.97. The number of nitrogens with one attached hydrogen (secondary N) is 1. The van der Waals surface area contributed by atoms with Crippen molar-refractivity contribution in [3.63, 3.8) is 0 Å². The van der Waals surface area contributed by atoms with E-state index in [0.717, 1.165) is 29.3 Å². The maximum atomic E-state index is 12.2. The van der Waals surface area contributed by atoms with Gasteiger partial charge in [0, 0.05) is 11.4 Å². The first kappa shape index (κ1) is 17.7. The smallest absolute Gasteiger partial charge is 0.230 e. The molecule has 132 valence electrons. The minimum atomic E-state index is 0.0177. The molecule has 2 heterocycles. The summed E-state index contributed by atoms with van der Waals surface area (Å²) in [7, 11) is 0. The van der Waals surface area contributed by atoms with E-state index >= 15 is 0 Å². The van der Waals surface area contributed by atoms with Crippen LogP contribution >= 0.6 is 11.8 Å². The predicted molar refractivity (Wildman–Crippen MR) is 102 cm³/mol. The zero-order valence-electron chi connectivity index (χ0n) is 14.8. The van der Waals surface area contributed by atoms with E-state index in [0.29, 0.717) is 22.3 Å². The Morgan fingerprint density at radius 1 is 1.20 bits per heavy atom. The van der Waals surface area contributed by atoms with E-state index in [1.807, 2.05) is 31.2 Å². The molecule has 0 saturated carbocycles. The Bertz CT molecular complexity index is 875. The van der Waals surface area contributed by atoms with Crippen molar-refractivity contribution in [3.05, 3.63) is 30.6 Å². The van der Waals surface area contributed by atoms with Crippen molar-refractivity contribution in [1.82, 2.24) is 15.3 Å². The molecule has 0 saturated heterocycles. The molecule has 0 radical (unpaired) electrons.